The van der Waals surface area contributed by atoms with Crippen molar-refractivity contribution in [3.05, 3.63) is 11.9 Å². The smallest absolute Gasteiger partial charge is 0.221 e. The van der Waals surface area contributed by atoms with Gasteiger partial charge < -0.3 is 11.1 Å². The first-order valence-corrected chi connectivity index (χ1v) is 4.13. The monoisotopic (exact) mass is 182 g/mol. The summed E-state index contributed by atoms with van der Waals surface area (Å²) >= 11 is 0. The summed E-state index contributed by atoms with van der Waals surface area (Å²) in [6.07, 6.45) is 2.16. The van der Waals surface area contributed by atoms with Gasteiger partial charge in [-0.3, -0.25) is 9.48 Å². The standard InChI is InChI=1S/C8H14N4O/c1-6-7(9)5-12(11-6)4-3-8(13)10-2/h5H,3-4,9H2,1-2H3,(H,10,13). The lowest BCUT2D eigenvalue weighted by Crippen LogP contribution is -2.19. The van der Waals surface area contributed by atoms with E-state index in [1.165, 1.54) is 0 Å². The maximum Gasteiger partial charge on any atom is 0.221 e. The Bertz CT molecular complexity index is 286. The second kappa shape index (κ2) is 3.93. The molecule has 3 N–H and O–H groups in total. The first kappa shape index (κ1) is 9.57. The molecule has 0 aromatic carbocycles. The second-order valence-corrected chi connectivity index (χ2v) is 2.86. The molecule has 0 atom stereocenters. The molecule has 1 amide bonds. The van der Waals surface area contributed by atoms with Crippen molar-refractivity contribution in [2.24, 2.45) is 0 Å². The topological polar surface area (TPSA) is 72.9 Å². The molecule has 72 valence electrons. The van der Waals surface area contributed by atoms with Gasteiger partial charge in [-0.15, -0.1) is 0 Å². The third-order valence-electron chi connectivity index (χ3n) is 1.83. The first-order valence-electron chi connectivity index (χ1n) is 4.13. The zero-order valence-electron chi connectivity index (χ0n) is 7.87. The lowest BCUT2D eigenvalue weighted by molar-refractivity contribution is -0.120. The van der Waals surface area contributed by atoms with E-state index in [2.05, 4.69) is 10.4 Å². The van der Waals surface area contributed by atoms with Gasteiger partial charge in [-0.25, -0.2) is 0 Å². The number of nitrogens with one attached hydrogen (secondary N) is 1. The van der Waals surface area contributed by atoms with Crippen LogP contribution in [0.1, 0.15) is 12.1 Å². The molecule has 1 heterocycles. The quantitative estimate of drug-likeness (QED) is 0.686. The molecule has 0 radical (unpaired) electrons. The summed E-state index contributed by atoms with van der Waals surface area (Å²) in [5.41, 5.74) is 7.06. The summed E-state index contributed by atoms with van der Waals surface area (Å²) in [5, 5.41) is 6.67. The molecule has 0 fully saturated rings. The van der Waals surface area contributed by atoms with Gasteiger partial charge in [0.15, 0.2) is 0 Å². The van der Waals surface area contributed by atoms with Crippen LogP contribution in [0.3, 0.4) is 0 Å². The van der Waals surface area contributed by atoms with E-state index in [0.29, 0.717) is 18.7 Å². The fourth-order valence-electron chi connectivity index (χ4n) is 0.989. The summed E-state index contributed by atoms with van der Waals surface area (Å²) in [6.45, 7) is 2.41. The van der Waals surface area contributed by atoms with Crippen LogP contribution in [-0.4, -0.2) is 22.7 Å². The number of rotatable bonds is 3. The highest BCUT2D eigenvalue weighted by atomic mass is 16.1. The van der Waals surface area contributed by atoms with Crippen molar-refractivity contribution in [2.75, 3.05) is 12.8 Å². The molecule has 0 saturated heterocycles. The summed E-state index contributed by atoms with van der Waals surface area (Å²) in [6, 6.07) is 0. The van der Waals surface area contributed by atoms with Crippen LogP contribution in [0, 0.1) is 6.92 Å². The Hall–Kier alpha value is -1.52. The van der Waals surface area contributed by atoms with E-state index in [9.17, 15) is 4.79 Å². The number of hydrogen-bond acceptors (Lipinski definition) is 3. The van der Waals surface area contributed by atoms with Crippen molar-refractivity contribution in [2.45, 2.75) is 19.9 Å². The molecule has 0 aliphatic heterocycles. The third kappa shape index (κ3) is 2.47. The number of aromatic nitrogens is 2. The highest BCUT2D eigenvalue weighted by Crippen LogP contribution is 2.06. The summed E-state index contributed by atoms with van der Waals surface area (Å²) in [7, 11) is 1.62. The Balaban J connectivity index is 2.50. The molecule has 1 rings (SSSR count). The van der Waals surface area contributed by atoms with Crippen LogP contribution in [0.25, 0.3) is 0 Å². The van der Waals surface area contributed by atoms with Crippen LogP contribution in [0.15, 0.2) is 6.20 Å². The van der Waals surface area contributed by atoms with Crippen molar-refractivity contribution in [3.63, 3.8) is 0 Å². The van der Waals surface area contributed by atoms with Crippen molar-refractivity contribution in [1.29, 1.82) is 0 Å². The number of nitrogens with zero attached hydrogens (tertiary/aromatic N) is 2. The SMILES string of the molecule is CNC(=O)CCn1cc(N)c(C)n1. The molecule has 0 saturated carbocycles. The number of amides is 1. The summed E-state index contributed by atoms with van der Waals surface area (Å²) in [5.74, 6) is 0.00623. The third-order valence-corrected chi connectivity index (χ3v) is 1.83. The van der Waals surface area contributed by atoms with Crippen LogP contribution < -0.4 is 11.1 Å². The minimum atomic E-state index is 0.00623. The predicted octanol–water partition coefficient (Wildman–Crippen LogP) is -0.0902. The number of carbonyl (C=O) groups excluding carboxylic acids is 1. The van der Waals surface area contributed by atoms with Crippen LogP contribution in [0.4, 0.5) is 5.69 Å². The Kier molecular flexibility index (Phi) is 2.89. The number of anilines is 1. The zero-order chi connectivity index (χ0) is 9.84. The summed E-state index contributed by atoms with van der Waals surface area (Å²) < 4.78 is 1.68. The number of nitrogens with two attached hydrogens (primary N) is 1. The van der Waals surface area contributed by atoms with Crippen molar-refractivity contribution in [3.8, 4) is 0 Å². The molecule has 1 aromatic heterocycles. The van der Waals surface area contributed by atoms with E-state index in [0.717, 1.165) is 5.69 Å². The van der Waals surface area contributed by atoms with Crippen molar-refractivity contribution >= 4 is 11.6 Å². The van der Waals surface area contributed by atoms with E-state index in [1.54, 1.807) is 17.9 Å². The average Bonchev–Trinajstić information content (AvgIpc) is 2.42. The molecule has 0 unspecified atom stereocenters. The van der Waals surface area contributed by atoms with Crippen LogP contribution in [0.2, 0.25) is 0 Å². The summed E-state index contributed by atoms with van der Waals surface area (Å²) in [4.78, 5) is 10.9. The predicted molar refractivity (Wildman–Crippen MR) is 50.1 cm³/mol. The highest BCUT2D eigenvalue weighted by Gasteiger charge is 2.02. The number of nitrogen functional groups attached to an aromatic ring is 1. The Labute approximate surface area is 76.9 Å². The molecule has 0 bridgehead atoms. The van der Waals surface area contributed by atoms with Gasteiger partial charge in [-0.1, -0.05) is 0 Å². The lowest BCUT2D eigenvalue weighted by Gasteiger charge is -1.99. The van der Waals surface area contributed by atoms with Crippen LogP contribution in [-0.2, 0) is 11.3 Å². The van der Waals surface area contributed by atoms with E-state index in [-0.39, 0.29) is 5.91 Å². The van der Waals surface area contributed by atoms with Crippen LogP contribution >= 0.6 is 0 Å². The molecule has 1 aromatic rings. The largest absolute Gasteiger partial charge is 0.396 e. The minimum Gasteiger partial charge on any atom is -0.396 e. The van der Waals surface area contributed by atoms with Gasteiger partial charge in [0.1, 0.15) is 0 Å². The zero-order valence-corrected chi connectivity index (χ0v) is 7.87. The van der Waals surface area contributed by atoms with Gasteiger partial charge >= 0.3 is 0 Å². The van der Waals surface area contributed by atoms with Gasteiger partial charge in [-0.05, 0) is 6.92 Å². The van der Waals surface area contributed by atoms with Crippen molar-refractivity contribution < 1.29 is 4.79 Å². The fraction of sp³-hybridized carbons (Fsp3) is 0.500. The second-order valence-electron chi connectivity index (χ2n) is 2.86. The van der Waals surface area contributed by atoms with Gasteiger partial charge in [-0.2, -0.15) is 5.10 Å². The maximum absolute atomic E-state index is 10.9. The number of carbonyl (C=O) groups is 1. The molecule has 5 heteroatoms. The molecule has 0 aliphatic rings. The molecular formula is C8H14N4O. The van der Waals surface area contributed by atoms with Gasteiger partial charge in [0.25, 0.3) is 0 Å². The fourth-order valence-corrected chi connectivity index (χ4v) is 0.989. The van der Waals surface area contributed by atoms with E-state index in [4.69, 9.17) is 5.73 Å². The van der Waals surface area contributed by atoms with Gasteiger partial charge in [0, 0.05) is 26.2 Å². The van der Waals surface area contributed by atoms with Crippen molar-refractivity contribution in [1.82, 2.24) is 15.1 Å². The lowest BCUT2D eigenvalue weighted by atomic mass is 10.4. The Morgan fingerprint density at radius 3 is 2.92 bits per heavy atom. The first-order chi connectivity index (χ1) is 6.13. The number of hydrogen-bond donors (Lipinski definition) is 2. The van der Waals surface area contributed by atoms with Gasteiger partial charge in [0.05, 0.1) is 11.4 Å². The highest BCUT2D eigenvalue weighted by molar-refractivity contribution is 5.75. The van der Waals surface area contributed by atoms with E-state index >= 15 is 0 Å². The Morgan fingerprint density at radius 1 is 1.77 bits per heavy atom. The minimum absolute atomic E-state index is 0.00623. The average molecular weight is 182 g/mol. The van der Waals surface area contributed by atoms with Crippen LogP contribution in [0.5, 0.6) is 0 Å². The molecule has 5 nitrogen and oxygen atoms in total. The normalized spacial score (nSPS) is 10.0. The van der Waals surface area contributed by atoms with E-state index in [1.807, 2.05) is 6.92 Å². The molecule has 13 heavy (non-hydrogen) atoms. The maximum atomic E-state index is 10.9. The Morgan fingerprint density at radius 2 is 2.46 bits per heavy atom. The number of aryl methyl sites for hydroxylation is 2. The molecular weight excluding hydrogens is 168 g/mol. The molecule has 0 spiro atoms. The van der Waals surface area contributed by atoms with Gasteiger partial charge in [0.2, 0.25) is 5.91 Å². The van der Waals surface area contributed by atoms with E-state index < -0.39 is 0 Å². The molecule has 0 aliphatic carbocycles.